The molecule has 0 bridgehead atoms. The monoisotopic (exact) mass is 301 g/mol. The van der Waals surface area contributed by atoms with E-state index in [1.54, 1.807) is 23.0 Å². The smallest absolute Gasteiger partial charge is 0.262 e. The molecule has 0 radical (unpaired) electrons. The predicted octanol–water partition coefficient (Wildman–Crippen LogP) is 0.712. The molecule has 2 aromatic rings. The molecule has 1 aliphatic carbocycles. The normalized spacial score (nSPS) is 16.4. The molecular formula is C10H15N5O2S2. The molecule has 9 heteroatoms. The number of aromatic nitrogens is 2. The Hall–Kier alpha value is -1.16. The second-order valence-corrected chi connectivity index (χ2v) is 7.53. The number of hydrogen-bond acceptors (Lipinski definition) is 6. The van der Waals surface area contributed by atoms with Gasteiger partial charge in [0.15, 0.2) is 10.8 Å². The number of hydrogen-bond donors (Lipinski definition) is 2. The van der Waals surface area contributed by atoms with Gasteiger partial charge in [0, 0.05) is 25.2 Å². The Balaban J connectivity index is 2.07. The van der Waals surface area contributed by atoms with Crippen molar-refractivity contribution in [1.82, 2.24) is 13.7 Å². The van der Waals surface area contributed by atoms with E-state index in [1.807, 2.05) is 0 Å². The Morgan fingerprint density at radius 2 is 2.37 bits per heavy atom. The van der Waals surface area contributed by atoms with Gasteiger partial charge in [0.25, 0.3) is 10.0 Å². The van der Waals surface area contributed by atoms with Crippen molar-refractivity contribution in [3.8, 4) is 0 Å². The molecule has 1 aliphatic rings. The molecule has 3 rings (SSSR count). The van der Waals surface area contributed by atoms with E-state index < -0.39 is 10.0 Å². The Labute approximate surface area is 115 Å². The Morgan fingerprint density at radius 3 is 3.00 bits per heavy atom. The van der Waals surface area contributed by atoms with Crippen LogP contribution < -0.4 is 11.3 Å². The minimum atomic E-state index is -3.59. The number of rotatable bonds is 5. The zero-order valence-electron chi connectivity index (χ0n) is 10.4. The molecule has 1 saturated carbocycles. The first kappa shape index (κ1) is 12.9. The molecule has 0 saturated heterocycles. The number of anilines is 1. The van der Waals surface area contributed by atoms with E-state index in [9.17, 15) is 8.42 Å². The van der Waals surface area contributed by atoms with Gasteiger partial charge < -0.3 is 5.43 Å². The number of fused-ring (bicyclic) bond motifs is 1. The van der Waals surface area contributed by atoms with Gasteiger partial charge in [-0.05, 0) is 18.8 Å². The molecule has 0 aromatic carbocycles. The quantitative estimate of drug-likeness (QED) is 0.627. The van der Waals surface area contributed by atoms with Crippen molar-refractivity contribution in [1.29, 1.82) is 0 Å². The van der Waals surface area contributed by atoms with E-state index in [0.29, 0.717) is 17.4 Å². The van der Waals surface area contributed by atoms with Gasteiger partial charge in [0.05, 0.1) is 0 Å². The topological polar surface area (TPSA) is 92.7 Å². The van der Waals surface area contributed by atoms with Crippen molar-refractivity contribution >= 4 is 32.1 Å². The third-order valence-electron chi connectivity index (χ3n) is 3.22. The van der Waals surface area contributed by atoms with Gasteiger partial charge in [-0.2, -0.15) is 9.29 Å². The number of imidazole rings is 1. The fourth-order valence-corrected chi connectivity index (χ4v) is 4.23. The van der Waals surface area contributed by atoms with Crippen molar-refractivity contribution in [2.45, 2.75) is 17.9 Å². The van der Waals surface area contributed by atoms with Crippen LogP contribution in [0.3, 0.4) is 0 Å². The highest BCUT2D eigenvalue weighted by Crippen LogP contribution is 2.32. The largest absolute Gasteiger partial charge is 0.306 e. The number of nitrogen functional groups attached to an aromatic ring is 1. The van der Waals surface area contributed by atoms with Crippen LogP contribution in [-0.4, -0.2) is 35.7 Å². The van der Waals surface area contributed by atoms with Crippen LogP contribution >= 0.6 is 11.3 Å². The molecule has 104 valence electrons. The Morgan fingerprint density at radius 1 is 1.63 bits per heavy atom. The maximum absolute atomic E-state index is 12.6. The highest BCUT2D eigenvalue weighted by Gasteiger charge is 2.33. The Bertz CT molecular complexity index is 701. The Kier molecular flexibility index (Phi) is 3.01. The summed E-state index contributed by atoms with van der Waals surface area (Å²) in [4.78, 5) is 4.78. The highest BCUT2D eigenvalue weighted by molar-refractivity contribution is 7.89. The third kappa shape index (κ3) is 2.12. The third-order valence-corrected chi connectivity index (χ3v) is 5.83. The lowest BCUT2D eigenvalue weighted by atomic mass is 10.4. The summed E-state index contributed by atoms with van der Waals surface area (Å²) in [7, 11) is -2.00. The minimum Gasteiger partial charge on any atom is -0.306 e. The van der Waals surface area contributed by atoms with Gasteiger partial charge in [-0.25, -0.2) is 14.3 Å². The molecule has 2 aromatic heterocycles. The maximum Gasteiger partial charge on any atom is 0.262 e. The fraction of sp³-hybridized carbons (Fsp3) is 0.500. The van der Waals surface area contributed by atoms with Gasteiger partial charge in [-0.15, -0.1) is 11.3 Å². The van der Waals surface area contributed by atoms with Crippen LogP contribution in [0.5, 0.6) is 0 Å². The lowest BCUT2D eigenvalue weighted by molar-refractivity contribution is 0.450. The van der Waals surface area contributed by atoms with Crippen LogP contribution in [-0.2, 0) is 10.0 Å². The van der Waals surface area contributed by atoms with Crippen molar-refractivity contribution in [3.05, 3.63) is 11.6 Å². The molecule has 19 heavy (non-hydrogen) atoms. The number of thiazole rings is 1. The molecule has 0 atom stereocenters. The molecule has 7 nitrogen and oxygen atoms in total. The number of nitrogens with two attached hydrogens (primary N) is 1. The van der Waals surface area contributed by atoms with E-state index in [-0.39, 0.29) is 10.8 Å². The predicted molar refractivity (Wildman–Crippen MR) is 73.4 cm³/mol. The van der Waals surface area contributed by atoms with Crippen molar-refractivity contribution < 1.29 is 8.42 Å². The van der Waals surface area contributed by atoms with Crippen molar-refractivity contribution in [2.75, 3.05) is 19.0 Å². The maximum atomic E-state index is 12.6. The standard InChI is InChI=1S/C10H15N5O2S2/c1-14(6-7-2-3-7)19(16,17)9-8(13-11)12-10-15(9)4-5-18-10/h4-5,7,13H,2-3,6,11H2,1H3. The zero-order valence-corrected chi connectivity index (χ0v) is 12.0. The zero-order chi connectivity index (χ0) is 13.6. The highest BCUT2D eigenvalue weighted by atomic mass is 32.2. The number of nitrogens with one attached hydrogen (secondary N) is 1. The summed E-state index contributed by atoms with van der Waals surface area (Å²) in [6, 6.07) is 0. The average molecular weight is 301 g/mol. The van der Waals surface area contributed by atoms with E-state index in [0.717, 1.165) is 12.8 Å². The van der Waals surface area contributed by atoms with E-state index >= 15 is 0 Å². The number of nitrogens with zero attached hydrogens (tertiary/aromatic N) is 3. The molecule has 1 fully saturated rings. The van der Waals surface area contributed by atoms with Crippen LogP contribution in [0.4, 0.5) is 5.82 Å². The molecule has 0 aliphatic heterocycles. The summed E-state index contributed by atoms with van der Waals surface area (Å²) in [5.74, 6) is 6.06. The van der Waals surface area contributed by atoms with Crippen LogP contribution in [0.25, 0.3) is 4.96 Å². The summed E-state index contributed by atoms with van der Waals surface area (Å²) in [5.41, 5.74) is 2.37. The summed E-state index contributed by atoms with van der Waals surface area (Å²) in [6.07, 6.45) is 3.88. The fourth-order valence-electron chi connectivity index (χ4n) is 2.02. The summed E-state index contributed by atoms with van der Waals surface area (Å²) in [6.45, 7) is 0.545. The molecule has 0 amide bonds. The van der Waals surface area contributed by atoms with Crippen LogP contribution in [0.2, 0.25) is 0 Å². The second kappa shape index (κ2) is 4.44. The van der Waals surface area contributed by atoms with Crippen LogP contribution in [0, 0.1) is 5.92 Å². The first-order chi connectivity index (χ1) is 9.04. The van der Waals surface area contributed by atoms with Crippen LogP contribution in [0.15, 0.2) is 16.6 Å². The van der Waals surface area contributed by atoms with Crippen molar-refractivity contribution in [2.24, 2.45) is 11.8 Å². The summed E-state index contributed by atoms with van der Waals surface area (Å²) in [5, 5.41) is 1.90. The number of sulfonamides is 1. The minimum absolute atomic E-state index is 0.106. The molecular weight excluding hydrogens is 286 g/mol. The number of hydrazine groups is 1. The van der Waals surface area contributed by atoms with Gasteiger partial charge in [-0.1, -0.05) is 0 Å². The molecule has 2 heterocycles. The first-order valence-electron chi connectivity index (χ1n) is 5.92. The lowest BCUT2D eigenvalue weighted by Crippen LogP contribution is -2.30. The summed E-state index contributed by atoms with van der Waals surface area (Å²) < 4.78 is 28.2. The molecule has 0 unspecified atom stereocenters. The second-order valence-electron chi connectivity index (χ2n) is 4.69. The van der Waals surface area contributed by atoms with E-state index in [4.69, 9.17) is 5.84 Å². The van der Waals surface area contributed by atoms with Crippen molar-refractivity contribution in [3.63, 3.8) is 0 Å². The molecule has 3 N–H and O–H groups in total. The SMILES string of the molecule is CN(CC1CC1)S(=O)(=O)c1c(NN)nc2sccn12. The van der Waals surface area contributed by atoms with E-state index in [2.05, 4.69) is 10.4 Å². The average Bonchev–Trinajstić information content (AvgIpc) is 2.94. The van der Waals surface area contributed by atoms with Crippen LogP contribution in [0.1, 0.15) is 12.8 Å². The first-order valence-corrected chi connectivity index (χ1v) is 8.24. The van der Waals surface area contributed by atoms with Gasteiger partial charge in [0.2, 0.25) is 5.03 Å². The van der Waals surface area contributed by atoms with E-state index in [1.165, 1.54) is 15.6 Å². The molecule has 0 spiro atoms. The lowest BCUT2D eigenvalue weighted by Gasteiger charge is -2.16. The van der Waals surface area contributed by atoms with Gasteiger partial charge >= 0.3 is 0 Å². The summed E-state index contributed by atoms with van der Waals surface area (Å²) >= 11 is 1.37. The van der Waals surface area contributed by atoms with Gasteiger partial charge in [-0.3, -0.25) is 4.40 Å². The van der Waals surface area contributed by atoms with Gasteiger partial charge in [0.1, 0.15) is 0 Å².